The lowest BCUT2D eigenvalue weighted by molar-refractivity contribution is 0.377. The Bertz CT molecular complexity index is 309. The number of hydrogen-bond acceptors (Lipinski definition) is 2. The number of nitrogens with zero attached hydrogens (tertiary/aromatic N) is 2. The van der Waals surface area contributed by atoms with Gasteiger partial charge in [-0.1, -0.05) is 6.92 Å². The molecule has 92 valence electrons. The smallest absolute Gasteiger partial charge is 0.0492 e. The fourth-order valence-corrected chi connectivity index (χ4v) is 1.73. The summed E-state index contributed by atoms with van der Waals surface area (Å²) in [4.78, 5) is 0. The Morgan fingerprint density at radius 3 is 2.69 bits per heavy atom. The first-order valence-corrected chi connectivity index (χ1v) is 6.18. The van der Waals surface area contributed by atoms with Gasteiger partial charge in [0.25, 0.3) is 0 Å². The summed E-state index contributed by atoms with van der Waals surface area (Å²) in [5.41, 5.74) is 1.55. The second-order valence-electron chi connectivity index (χ2n) is 5.58. The average Bonchev–Trinajstić information content (AvgIpc) is 2.61. The minimum absolute atomic E-state index is 0.208. The van der Waals surface area contributed by atoms with Gasteiger partial charge in [-0.15, -0.1) is 0 Å². The van der Waals surface area contributed by atoms with Crippen LogP contribution in [0.15, 0.2) is 12.3 Å². The summed E-state index contributed by atoms with van der Waals surface area (Å²) < 4.78 is 2.08. The van der Waals surface area contributed by atoms with Crippen molar-refractivity contribution in [3.8, 4) is 0 Å². The molecule has 0 aliphatic rings. The van der Waals surface area contributed by atoms with Gasteiger partial charge in [0, 0.05) is 24.0 Å². The monoisotopic (exact) mass is 223 g/mol. The van der Waals surface area contributed by atoms with Crippen LogP contribution in [0.5, 0.6) is 0 Å². The van der Waals surface area contributed by atoms with Gasteiger partial charge in [-0.3, -0.25) is 4.68 Å². The summed E-state index contributed by atoms with van der Waals surface area (Å²) in [6.07, 6.45) is 2.99. The van der Waals surface area contributed by atoms with E-state index in [1.807, 2.05) is 6.20 Å². The minimum Gasteiger partial charge on any atom is -0.312 e. The maximum absolute atomic E-state index is 4.29. The summed E-state index contributed by atoms with van der Waals surface area (Å²) >= 11 is 0. The number of rotatable bonds is 5. The van der Waals surface area contributed by atoms with Crippen molar-refractivity contribution in [3.63, 3.8) is 0 Å². The normalized spacial score (nSPS) is 14.1. The van der Waals surface area contributed by atoms with Crippen LogP contribution in [0.1, 0.15) is 40.3 Å². The fourth-order valence-electron chi connectivity index (χ4n) is 1.73. The largest absolute Gasteiger partial charge is 0.312 e. The van der Waals surface area contributed by atoms with Crippen LogP contribution in [0.3, 0.4) is 0 Å². The van der Waals surface area contributed by atoms with E-state index in [1.165, 1.54) is 5.69 Å². The Hall–Kier alpha value is -0.830. The molecule has 1 rings (SSSR count). The summed E-state index contributed by atoms with van der Waals surface area (Å²) in [6, 6.07) is 2.12. The first-order valence-electron chi connectivity index (χ1n) is 6.18. The van der Waals surface area contributed by atoms with Gasteiger partial charge < -0.3 is 5.32 Å². The van der Waals surface area contributed by atoms with Gasteiger partial charge in [-0.2, -0.15) is 5.10 Å². The van der Waals surface area contributed by atoms with Crippen LogP contribution < -0.4 is 5.32 Å². The van der Waals surface area contributed by atoms with Gasteiger partial charge in [-0.05, 0) is 52.6 Å². The van der Waals surface area contributed by atoms with Crippen LogP contribution in [-0.4, -0.2) is 21.9 Å². The molecule has 3 nitrogen and oxygen atoms in total. The lowest BCUT2D eigenvalue weighted by Crippen LogP contribution is -2.39. The third-order valence-corrected chi connectivity index (χ3v) is 2.64. The van der Waals surface area contributed by atoms with E-state index in [9.17, 15) is 0 Å². The summed E-state index contributed by atoms with van der Waals surface area (Å²) in [5, 5.41) is 7.83. The van der Waals surface area contributed by atoms with Crippen molar-refractivity contribution < 1.29 is 0 Å². The molecular formula is C13H25N3. The highest BCUT2D eigenvalue weighted by molar-refractivity contribution is 5.01. The van der Waals surface area contributed by atoms with Crippen molar-refractivity contribution in [2.24, 2.45) is 5.92 Å². The lowest BCUT2D eigenvalue weighted by atomic mass is 10.0. The van der Waals surface area contributed by atoms with E-state index in [0.29, 0.717) is 5.92 Å². The van der Waals surface area contributed by atoms with Crippen LogP contribution in [-0.2, 0) is 13.0 Å². The molecule has 1 atom stereocenters. The summed E-state index contributed by atoms with van der Waals surface area (Å²) in [7, 11) is 0. The van der Waals surface area contributed by atoms with Crippen molar-refractivity contribution in [1.82, 2.24) is 15.1 Å². The molecule has 0 amide bonds. The Labute approximate surface area is 99.2 Å². The molecule has 0 aromatic carbocycles. The highest BCUT2D eigenvalue weighted by atomic mass is 15.3. The lowest BCUT2D eigenvalue weighted by Gasteiger charge is -2.23. The third-order valence-electron chi connectivity index (χ3n) is 2.64. The number of aryl methyl sites for hydroxylation is 1. The van der Waals surface area contributed by atoms with Gasteiger partial charge >= 0.3 is 0 Å². The van der Waals surface area contributed by atoms with Gasteiger partial charge in [0.15, 0.2) is 0 Å². The van der Waals surface area contributed by atoms with Crippen LogP contribution in [0, 0.1) is 5.92 Å². The quantitative estimate of drug-likeness (QED) is 0.831. The number of aromatic nitrogens is 2. The second-order valence-corrected chi connectivity index (χ2v) is 5.58. The van der Waals surface area contributed by atoms with Crippen molar-refractivity contribution in [2.45, 2.75) is 53.1 Å². The average molecular weight is 223 g/mol. The predicted molar refractivity (Wildman–Crippen MR) is 68.5 cm³/mol. The molecule has 1 N–H and O–H groups in total. The predicted octanol–water partition coefficient (Wildman–Crippen LogP) is 2.47. The van der Waals surface area contributed by atoms with E-state index < -0.39 is 0 Å². The molecule has 0 radical (unpaired) electrons. The summed E-state index contributed by atoms with van der Waals surface area (Å²) in [6.45, 7) is 13.0. The second kappa shape index (κ2) is 5.48. The van der Waals surface area contributed by atoms with Crippen molar-refractivity contribution in [2.75, 3.05) is 6.54 Å². The van der Waals surface area contributed by atoms with Crippen molar-refractivity contribution in [1.29, 1.82) is 0 Å². The Morgan fingerprint density at radius 2 is 2.12 bits per heavy atom. The molecule has 1 aromatic heterocycles. The Balaban J connectivity index is 2.42. The molecular weight excluding hydrogens is 198 g/mol. The fraction of sp³-hybridized carbons (Fsp3) is 0.769. The van der Waals surface area contributed by atoms with Gasteiger partial charge in [0.05, 0.1) is 0 Å². The first-order chi connectivity index (χ1) is 7.42. The van der Waals surface area contributed by atoms with E-state index >= 15 is 0 Å². The molecule has 0 saturated heterocycles. The van der Waals surface area contributed by atoms with Crippen LogP contribution in [0.25, 0.3) is 0 Å². The zero-order chi connectivity index (χ0) is 12.2. The van der Waals surface area contributed by atoms with Crippen molar-refractivity contribution >= 4 is 0 Å². The SMILES string of the molecule is CCn1nccc1CC(C)CNC(C)(C)C. The maximum atomic E-state index is 4.29. The molecule has 16 heavy (non-hydrogen) atoms. The van der Waals surface area contributed by atoms with Crippen molar-refractivity contribution in [3.05, 3.63) is 18.0 Å². The molecule has 0 aliphatic heterocycles. The Kier molecular flexibility index (Phi) is 4.54. The highest BCUT2D eigenvalue weighted by Gasteiger charge is 2.12. The van der Waals surface area contributed by atoms with E-state index in [1.54, 1.807) is 0 Å². The van der Waals surface area contributed by atoms with E-state index in [-0.39, 0.29) is 5.54 Å². The number of hydrogen-bond donors (Lipinski definition) is 1. The Morgan fingerprint density at radius 1 is 1.44 bits per heavy atom. The van der Waals surface area contributed by atoms with E-state index in [4.69, 9.17) is 0 Å². The molecule has 3 heteroatoms. The summed E-state index contributed by atoms with van der Waals surface area (Å²) in [5.74, 6) is 0.640. The maximum Gasteiger partial charge on any atom is 0.0492 e. The molecule has 0 fully saturated rings. The number of nitrogens with one attached hydrogen (secondary N) is 1. The molecule has 0 bridgehead atoms. The van der Waals surface area contributed by atoms with Gasteiger partial charge in [0.2, 0.25) is 0 Å². The first kappa shape index (κ1) is 13.2. The molecule has 1 heterocycles. The third kappa shape index (κ3) is 4.35. The van der Waals surface area contributed by atoms with Crippen LogP contribution in [0.4, 0.5) is 0 Å². The van der Waals surface area contributed by atoms with E-state index in [0.717, 1.165) is 19.5 Å². The molecule has 1 aromatic rings. The van der Waals surface area contributed by atoms with Crippen LogP contribution in [0.2, 0.25) is 0 Å². The highest BCUT2D eigenvalue weighted by Crippen LogP contribution is 2.09. The molecule has 0 saturated carbocycles. The zero-order valence-corrected chi connectivity index (χ0v) is 11.2. The standard InChI is InChI=1S/C13H25N3/c1-6-16-12(7-8-15-16)9-11(2)10-14-13(3,4)5/h7-8,11,14H,6,9-10H2,1-5H3. The zero-order valence-electron chi connectivity index (χ0n) is 11.2. The minimum atomic E-state index is 0.208. The molecule has 1 unspecified atom stereocenters. The van der Waals surface area contributed by atoms with Gasteiger partial charge in [0.1, 0.15) is 0 Å². The topological polar surface area (TPSA) is 29.9 Å². The molecule has 0 aliphatic carbocycles. The van der Waals surface area contributed by atoms with E-state index in [2.05, 4.69) is 55.8 Å². The molecule has 0 spiro atoms. The van der Waals surface area contributed by atoms with Gasteiger partial charge in [-0.25, -0.2) is 0 Å². The van der Waals surface area contributed by atoms with Crippen LogP contribution >= 0.6 is 0 Å².